The highest BCUT2D eigenvalue weighted by molar-refractivity contribution is 5.80. The summed E-state index contributed by atoms with van der Waals surface area (Å²) in [5.41, 5.74) is 0. The lowest BCUT2D eigenvalue weighted by atomic mass is 10.5. The molecule has 92 valence electrons. The van der Waals surface area contributed by atoms with E-state index >= 15 is 0 Å². The summed E-state index contributed by atoms with van der Waals surface area (Å²) in [6.07, 6.45) is 1.54. The van der Waals surface area contributed by atoms with E-state index in [4.69, 9.17) is 5.11 Å². The molecule has 6 heteroatoms. The number of carbonyl (C=O) groups is 2. The summed E-state index contributed by atoms with van der Waals surface area (Å²) < 4.78 is 4.65. The highest BCUT2D eigenvalue weighted by Crippen LogP contribution is 1.89. The molecule has 2 N–H and O–H groups in total. The summed E-state index contributed by atoms with van der Waals surface area (Å²) in [4.78, 5) is 23.8. The lowest BCUT2D eigenvalue weighted by Gasteiger charge is -2.20. The molecule has 0 aromatic rings. The van der Waals surface area contributed by atoms with Gasteiger partial charge in [-0.25, -0.2) is 4.79 Å². The van der Waals surface area contributed by atoms with E-state index in [2.05, 4.69) is 16.6 Å². The van der Waals surface area contributed by atoms with E-state index < -0.39 is 12.0 Å². The second kappa shape index (κ2) is 8.72. The number of aliphatic hydroxyl groups is 1. The quantitative estimate of drug-likeness (QED) is 0.466. The molecule has 0 bridgehead atoms. The second-order valence-electron chi connectivity index (χ2n) is 2.92. The Morgan fingerprint density at radius 1 is 1.56 bits per heavy atom. The van der Waals surface area contributed by atoms with Crippen molar-refractivity contribution in [3.05, 3.63) is 12.7 Å². The van der Waals surface area contributed by atoms with Gasteiger partial charge in [0, 0.05) is 13.1 Å². The number of nitrogens with zero attached hydrogens (tertiary/aromatic N) is 1. The maximum Gasteiger partial charge on any atom is 0.325 e. The van der Waals surface area contributed by atoms with Crippen LogP contribution in [-0.4, -0.2) is 54.9 Å². The van der Waals surface area contributed by atoms with Crippen molar-refractivity contribution in [2.45, 2.75) is 6.92 Å². The molecule has 0 unspecified atom stereocenters. The molecular formula is C10H18N2O4. The van der Waals surface area contributed by atoms with Crippen LogP contribution in [0, 0.1) is 0 Å². The number of amides is 2. The first-order valence-corrected chi connectivity index (χ1v) is 5.05. The molecule has 0 aromatic heterocycles. The molecule has 0 fully saturated rings. The first-order chi connectivity index (χ1) is 7.65. The van der Waals surface area contributed by atoms with Crippen LogP contribution in [-0.2, 0) is 9.53 Å². The van der Waals surface area contributed by atoms with Gasteiger partial charge in [0.05, 0.1) is 13.2 Å². The lowest BCUT2D eigenvalue weighted by molar-refractivity contribution is -0.141. The molecule has 0 atom stereocenters. The van der Waals surface area contributed by atoms with Gasteiger partial charge in [0.15, 0.2) is 0 Å². The molecule has 16 heavy (non-hydrogen) atoms. The number of hydrogen-bond acceptors (Lipinski definition) is 4. The zero-order chi connectivity index (χ0) is 12.4. The van der Waals surface area contributed by atoms with Crippen molar-refractivity contribution in [2.75, 3.05) is 32.8 Å². The minimum absolute atomic E-state index is 0.138. The third kappa shape index (κ3) is 6.02. The van der Waals surface area contributed by atoms with Gasteiger partial charge in [0.1, 0.15) is 6.54 Å². The van der Waals surface area contributed by atoms with Crippen LogP contribution in [0.4, 0.5) is 4.79 Å². The Kier molecular flexibility index (Phi) is 7.87. The number of aliphatic hydroxyl groups excluding tert-OH is 1. The zero-order valence-electron chi connectivity index (χ0n) is 9.44. The fraction of sp³-hybridized carbons (Fsp3) is 0.600. The first-order valence-electron chi connectivity index (χ1n) is 5.05. The molecule has 0 saturated heterocycles. The number of hydrogen-bond donors (Lipinski definition) is 2. The fourth-order valence-corrected chi connectivity index (χ4v) is 1.02. The Labute approximate surface area is 94.9 Å². The summed E-state index contributed by atoms with van der Waals surface area (Å²) in [7, 11) is 0. The first kappa shape index (κ1) is 14.4. The molecule has 2 amide bonds. The molecule has 0 aliphatic rings. The van der Waals surface area contributed by atoms with Gasteiger partial charge in [-0.3, -0.25) is 4.79 Å². The summed E-state index contributed by atoms with van der Waals surface area (Å²) in [5.74, 6) is -0.488. The number of urea groups is 1. The molecule has 0 saturated carbocycles. The van der Waals surface area contributed by atoms with E-state index in [0.717, 1.165) is 0 Å². The van der Waals surface area contributed by atoms with Gasteiger partial charge in [-0.1, -0.05) is 6.08 Å². The monoisotopic (exact) mass is 230 g/mol. The normalized spacial score (nSPS) is 9.38. The minimum Gasteiger partial charge on any atom is -0.465 e. The zero-order valence-corrected chi connectivity index (χ0v) is 9.44. The maximum atomic E-state index is 11.5. The van der Waals surface area contributed by atoms with Crippen molar-refractivity contribution in [2.24, 2.45) is 0 Å². The topological polar surface area (TPSA) is 78.9 Å². The minimum atomic E-state index is -0.488. The van der Waals surface area contributed by atoms with Crippen LogP contribution >= 0.6 is 0 Å². The Morgan fingerprint density at radius 3 is 2.75 bits per heavy atom. The van der Waals surface area contributed by atoms with E-state index in [1.54, 1.807) is 13.0 Å². The number of nitrogens with one attached hydrogen (secondary N) is 1. The Morgan fingerprint density at radius 2 is 2.25 bits per heavy atom. The Hall–Kier alpha value is -1.56. The van der Waals surface area contributed by atoms with Gasteiger partial charge < -0.3 is 20.1 Å². The largest absolute Gasteiger partial charge is 0.465 e. The molecule has 0 rings (SSSR count). The number of carbonyl (C=O) groups excluding carboxylic acids is 2. The molecule has 0 aromatic carbocycles. The maximum absolute atomic E-state index is 11.5. The predicted molar refractivity (Wildman–Crippen MR) is 58.9 cm³/mol. The van der Waals surface area contributed by atoms with Gasteiger partial charge in [-0.15, -0.1) is 6.58 Å². The van der Waals surface area contributed by atoms with Crippen molar-refractivity contribution in [1.29, 1.82) is 0 Å². The highest BCUT2D eigenvalue weighted by atomic mass is 16.5. The fourth-order valence-electron chi connectivity index (χ4n) is 1.02. The van der Waals surface area contributed by atoms with Gasteiger partial charge in [0.2, 0.25) is 0 Å². The predicted octanol–water partition coefficient (Wildman–Crippen LogP) is -0.261. The number of esters is 1. The van der Waals surface area contributed by atoms with E-state index in [1.807, 2.05) is 0 Å². The van der Waals surface area contributed by atoms with Crippen molar-refractivity contribution in [1.82, 2.24) is 10.2 Å². The van der Waals surface area contributed by atoms with E-state index in [-0.39, 0.29) is 26.3 Å². The standard InChI is InChI=1S/C10H18N2O4/c1-3-5-12(6-7-13)10(15)11-8-9(14)16-4-2/h3,13H,1,4-8H2,2H3,(H,11,15). The third-order valence-corrected chi connectivity index (χ3v) is 1.70. The van der Waals surface area contributed by atoms with Crippen LogP contribution in [0.2, 0.25) is 0 Å². The summed E-state index contributed by atoms with van der Waals surface area (Å²) in [5, 5.41) is 11.1. The summed E-state index contributed by atoms with van der Waals surface area (Å²) >= 11 is 0. The molecule has 0 radical (unpaired) electrons. The number of ether oxygens (including phenoxy) is 1. The van der Waals surface area contributed by atoms with Crippen molar-refractivity contribution in [3.63, 3.8) is 0 Å². The van der Waals surface area contributed by atoms with Crippen LogP contribution in [0.5, 0.6) is 0 Å². The molecule has 0 aliphatic carbocycles. The van der Waals surface area contributed by atoms with Crippen LogP contribution in [0.15, 0.2) is 12.7 Å². The van der Waals surface area contributed by atoms with E-state index in [9.17, 15) is 9.59 Å². The third-order valence-electron chi connectivity index (χ3n) is 1.70. The van der Waals surface area contributed by atoms with E-state index in [1.165, 1.54) is 4.90 Å². The highest BCUT2D eigenvalue weighted by Gasteiger charge is 2.12. The van der Waals surface area contributed by atoms with Crippen molar-refractivity contribution < 1.29 is 19.4 Å². The lowest BCUT2D eigenvalue weighted by Crippen LogP contribution is -2.43. The molecular weight excluding hydrogens is 212 g/mol. The van der Waals surface area contributed by atoms with Gasteiger partial charge in [-0.2, -0.15) is 0 Å². The Bertz CT molecular complexity index is 243. The van der Waals surface area contributed by atoms with Crippen LogP contribution in [0.25, 0.3) is 0 Å². The average Bonchev–Trinajstić information content (AvgIpc) is 2.26. The number of rotatable bonds is 7. The van der Waals surface area contributed by atoms with E-state index in [0.29, 0.717) is 6.54 Å². The van der Waals surface area contributed by atoms with Crippen molar-refractivity contribution in [3.8, 4) is 0 Å². The molecule has 6 nitrogen and oxygen atoms in total. The van der Waals surface area contributed by atoms with Crippen LogP contribution in [0.3, 0.4) is 0 Å². The molecule has 0 heterocycles. The smallest absolute Gasteiger partial charge is 0.325 e. The Balaban J connectivity index is 3.99. The van der Waals surface area contributed by atoms with Gasteiger partial charge >= 0.3 is 12.0 Å². The van der Waals surface area contributed by atoms with Crippen molar-refractivity contribution >= 4 is 12.0 Å². The van der Waals surface area contributed by atoms with Crippen LogP contribution in [0.1, 0.15) is 6.92 Å². The summed E-state index contributed by atoms with van der Waals surface area (Å²) in [6.45, 7) is 5.66. The molecule has 0 aliphatic heterocycles. The SMILES string of the molecule is C=CCN(CCO)C(=O)NCC(=O)OCC. The summed E-state index contributed by atoms with van der Waals surface area (Å²) in [6, 6.07) is -0.429. The average molecular weight is 230 g/mol. The van der Waals surface area contributed by atoms with Gasteiger partial charge in [-0.05, 0) is 6.92 Å². The van der Waals surface area contributed by atoms with Gasteiger partial charge in [0.25, 0.3) is 0 Å². The second-order valence-corrected chi connectivity index (χ2v) is 2.92. The van der Waals surface area contributed by atoms with Crippen LogP contribution < -0.4 is 5.32 Å². The molecule has 0 spiro atoms.